The van der Waals surface area contributed by atoms with Gasteiger partial charge in [0, 0.05) is 15.7 Å². The summed E-state index contributed by atoms with van der Waals surface area (Å²) in [6.45, 7) is 0.426. The van der Waals surface area contributed by atoms with Gasteiger partial charge in [0.15, 0.2) is 0 Å². The minimum atomic E-state index is 0.426. The zero-order chi connectivity index (χ0) is 12.3. The van der Waals surface area contributed by atoms with Crippen LogP contribution in [-0.4, -0.2) is 0 Å². The lowest BCUT2D eigenvalue weighted by molar-refractivity contribution is 0.306. The molecule has 0 heterocycles. The Hall–Kier alpha value is -1.19. The normalized spacial score (nSPS) is 10.2. The summed E-state index contributed by atoms with van der Waals surface area (Å²) < 4.78 is 6.51. The number of rotatable bonds is 3. The fourth-order valence-corrected chi connectivity index (χ4v) is 2.00. The van der Waals surface area contributed by atoms with Crippen molar-refractivity contribution in [2.45, 2.75) is 6.61 Å². The Kier molecular flexibility index (Phi) is 3.92. The molecule has 0 amide bonds. The van der Waals surface area contributed by atoms with Gasteiger partial charge in [-0.05, 0) is 34.1 Å². The molecule has 0 unspecified atom stereocenters. The number of ether oxygens (including phenoxy) is 1. The van der Waals surface area contributed by atoms with Gasteiger partial charge in [0.1, 0.15) is 12.4 Å². The van der Waals surface area contributed by atoms with Crippen LogP contribution in [0, 0.1) is 0 Å². The third kappa shape index (κ3) is 2.93. The van der Waals surface area contributed by atoms with Crippen LogP contribution < -0.4 is 10.5 Å². The molecule has 0 aliphatic carbocycles. The molecule has 0 radical (unpaired) electrons. The second kappa shape index (κ2) is 5.43. The van der Waals surface area contributed by atoms with E-state index in [-0.39, 0.29) is 0 Å². The van der Waals surface area contributed by atoms with Crippen molar-refractivity contribution < 1.29 is 4.74 Å². The molecule has 0 saturated carbocycles. The van der Waals surface area contributed by atoms with Crippen LogP contribution in [0.2, 0.25) is 5.02 Å². The zero-order valence-corrected chi connectivity index (χ0v) is 11.3. The number of hydrogen-bond acceptors (Lipinski definition) is 2. The lowest BCUT2D eigenvalue weighted by Crippen LogP contribution is -1.98. The molecule has 2 aromatic rings. The molecule has 17 heavy (non-hydrogen) atoms. The third-order valence-electron chi connectivity index (χ3n) is 2.33. The van der Waals surface area contributed by atoms with Crippen molar-refractivity contribution in [2.75, 3.05) is 5.73 Å². The van der Waals surface area contributed by atoms with Crippen molar-refractivity contribution in [3.8, 4) is 5.75 Å². The summed E-state index contributed by atoms with van der Waals surface area (Å²) in [7, 11) is 0. The van der Waals surface area contributed by atoms with Crippen LogP contribution in [-0.2, 0) is 6.61 Å². The van der Waals surface area contributed by atoms with Gasteiger partial charge in [-0.1, -0.05) is 35.9 Å². The molecule has 0 aliphatic heterocycles. The molecule has 0 atom stereocenters. The van der Waals surface area contributed by atoms with Crippen molar-refractivity contribution in [2.24, 2.45) is 0 Å². The smallest absolute Gasteiger partial charge is 0.138 e. The van der Waals surface area contributed by atoms with E-state index in [1.165, 1.54) is 0 Å². The number of anilines is 1. The third-order valence-corrected chi connectivity index (χ3v) is 3.61. The van der Waals surface area contributed by atoms with Crippen LogP contribution in [0.1, 0.15) is 5.56 Å². The maximum Gasteiger partial charge on any atom is 0.138 e. The second-order valence-corrected chi connectivity index (χ2v) is 4.74. The van der Waals surface area contributed by atoms with Crippen LogP contribution >= 0.6 is 27.5 Å². The Morgan fingerprint density at radius 2 is 1.88 bits per heavy atom. The first kappa shape index (κ1) is 12.3. The van der Waals surface area contributed by atoms with Crippen LogP contribution in [0.25, 0.3) is 0 Å². The van der Waals surface area contributed by atoms with E-state index in [0.29, 0.717) is 23.1 Å². The summed E-state index contributed by atoms with van der Waals surface area (Å²) in [4.78, 5) is 0. The first-order valence-corrected chi connectivity index (χ1v) is 6.26. The molecule has 88 valence electrons. The Labute approximate surface area is 113 Å². The van der Waals surface area contributed by atoms with Crippen molar-refractivity contribution >= 4 is 33.2 Å². The van der Waals surface area contributed by atoms with Crippen molar-refractivity contribution in [1.29, 1.82) is 0 Å². The quantitative estimate of drug-likeness (QED) is 0.859. The van der Waals surface area contributed by atoms with Gasteiger partial charge in [0.25, 0.3) is 0 Å². The second-order valence-electron chi connectivity index (χ2n) is 3.54. The maximum atomic E-state index is 6.00. The molecular formula is C13H11BrClNO. The van der Waals surface area contributed by atoms with Gasteiger partial charge in [-0.2, -0.15) is 0 Å². The summed E-state index contributed by atoms with van der Waals surface area (Å²) in [5.41, 5.74) is 7.48. The van der Waals surface area contributed by atoms with E-state index in [1.807, 2.05) is 36.4 Å². The largest absolute Gasteiger partial charge is 0.487 e. The minimum absolute atomic E-state index is 0.426. The molecule has 0 spiro atoms. The number of hydrogen-bond donors (Lipinski definition) is 1. The van der Waals surface area contributed by atoms with Crippen molar-refractivity contribution in [3.05, 3.63) is 57.5 Å². The molecular weight excluding hydrogens is 302 g/mol. The predicted molar refractivity (Wildman–Crippen MR) is 74.3 cm³/mol. The zero-order valence-electron chi connectivity index (χ0n) is 8.99. The number of para-hydroxylation sites is 1. The number of halogens is 2. The topological polar surface area (TPSA) is 35.2 Å². The van der Waals surface area contributed by atoms with Gasteiger partial charge in [-0.3, -0.25) is 0 Å². The van der Waals surface area contributed by atoms with Crippen LogP contribution in [0.15, 0.2) is 46.9 Å². The van der Waals surface area contributed by atoms with Crippen LogP contribution in [0.5, 0.6) is 5.75 Å². The minimum Gasteiger partial charge on any atom is -0.487 e. The molecule has 2 nitrogen and oxygen atoms in total. The summed E-state index contributed by atoms with van der Waals surface area (Å²) in [5.74, 6) is 0.670. The van der Waals surface area contributed by atoms with E-state index < -0.39 is 0 Å². The predicted octanol–water partition coefficient (Wildman–Crippen LogP) is 4.26. The van der Waals surface area contributed by atoms with Crippen molar-refractivity contribution in [3.63, 3.8) is 0 Å². The molecule has 2 N–H and O–H groups in total. The summed E-state index contributed by atoms with van der Waals surface area (Å²) in [5, 5.41) is 0.604. The van der Waals surface area contributed by atoms with Crippen LogP contribution in [0.3, 0.4) is 0 Å². The standard InChI is InChI=1S/C13H11BrClNO/c14-13-9(4-3-6-11(13)16)8-17-12-7-2-1-5-10(12)15/h1-7H,8,16H2. The summed E-state index contributed by atoms with van der Waals surface area (Å²) >= 11 is 9.43. The van der Waals surface area contributed by atoms with Gasteiger partial charge in [0.2, 0.25) is 0 Å². The first-order valence-electron chi connectivity index (χ1n) is 5.08. The first-order chi connectivity index (χ1) is 8.18. The van der Waals surface area contributed by atoms with E-state index in [1.54, 1.807) is 6.07 Å². The van der Waals surface area contributed by atoms with Crippen molar-refractivity contribution in [1.82, 2.24) is 0 Å². The molecule has 4 heteroatoms. The molecule has 2 aromatic carbocycles. The lowest BCUT2D eigenvalue weighted by atomic mass is 10.2. The highest BCUT2D eigenvalue weighted by Gasteiger charge is 2.05. The highest BCUT2D eigenvalue weighted by Crippen LogP contribution is 2.27. The molecule has 0 aliphatic rings. The van der Waals surface area contributed by atoms with Gasteiger partial charge >= 0.3 is 0 Å². The van der Waals surface area contributed by atoms with Gasteiger partial charge < -0.3 is 10.5 Å². The fourth-order valence-electron chi connectivity index (χ4n) is 1.43. The lowest BCUT2D eigenvalue weighted by Gasteiger charge is -2.10. The number of nitrogen functional groups attached to an aromatic ring is 1. The molecule has 0 bridgehead atoms. The maximum absolute atomic E-state index is 6.00. The van der Waals surface area contributed by atoms with Crippen LogP contribution in [0.4, 0.5) is 5.69 Å². The fraction of sp³-hybridized carbons (Fsp3) is 0.0769. The number of nitrogens with two attached hydrogens (primary N) is 1. The highest BCUT2D eigenvalue weighted by atomic mass is 79.9. The monoisotopic (exact) mass is 311 g/mol. The molecule has 0 fully saturated rings. The highest BCUT2D eigenvalue weighted by molar-refractivity contribution is 9.10. The van der Waals surface area contributed by atoms with E-state index in [0.717, 1.165) is 10.0 Å². The number of benzene rings is 2. The Morgan fingerprint density at radius 3 is 2.65 bits per heavy atom. The van der Waals surface area contributed by atoms with E-state index >= 15 is 0 Å². The molecule has 0 aromatic heterocycles. The Bertz CT molecular complexity index is 531. The van der Waals surface area contributed by atoms with Gasteiger partial charge in [0.05, 0.1) is 5.02 Å². The summed E-state index contributed by atoms with van der Waals surface area (Å²) in [6, 6.07) is 13.1. The van der Waals surface area contributed by atoms with Gasteiger partial charge in [-0.25, -0.2) is 0 Å². The molecule has 0 saturated heterocycles. The summed E-state index contributed by atoms with van der Waals surface area (Å²) in [6.07, 6.45) is 0. The average molecular weight is 313 g/mol. The Morgan fingerprint density at radius 1 is 1.12 bits per heavy atom. The Balaban J connectivity index is 2.13. The SMILES string of the molecule is Nc1cccc(COc2ccccc2Cl)c1Br. The average Bonchev–Trinajstić information content (AvgIpc) is 2.33. The van der Waals surface area contributed by atoms with E-state index in [4.69, 9.17) is 22.1 Å². The van der Waals surface area contributed by atoms with Gasteiger partial charge in [-0.15, -0.1) is 0 Å². The van der Waals surface area contributed by atoms with E-state index in [9.17, 15) is 0 Å². The van der Waals surface area contributed by atoms with E-state index in [2.05, 4.69) is 15.9 Å². The molecule has 2 rings (SSSR count).